The molecule has 5 heteroatoms. The Morgan fingerprint density at radius 2 is 1.80 bits per heavy atom. The number of carboxylic acid groups (broad SMARTS) is 1. The molecular weight excluding hydrogens is 258 g/mol. The second kappa shape index (κ2) is 7.53. The third kappa shape index (κ3) is 5.73. The van der Waals surface area contributed by atoms with Crippen LogP contribution in [0.4, 0.5) is 0 Å². The highest BCUT2D eigenvalue weighted by atomic mass is 16.4. The van der Waals surface area contributed by atoms with Crippen molar-refractivity contribution in [2.24, 2.45) is 5.92 Å². The van der Waals surface area contributed by atoms with Gasteiger partial charge in [-0.05, 0) is 30.0 Å². The number of aromatic hydroxyl groups is 1. The van der Waals surface area contributed by atoms with E-state index in [1.54, 1.807) is 12.1 Å². The Hall–Kier alpha value is -2.04. The first-order valence-corrected chi connectivity index (χ1v) is 6.68. The predicted molar refractivity (Wildman–Crippen MR) is 75.4 cm³/mol. The Kier molecular flexibility index (Phi) is 6.03. The average Bonchev–Trinajstić information content (AvgIpc) is 2.38. The summed E-state index contributed by atoms with van der Waals surface area (Å²) >= 11 is 0. The summed E-state index contributed by atoms with van der Waals surface area (Å²) in [6, 6.07) is 5.33. The van der Waals surface area contributed by atoms with E-state index in [9.17, 15) is 14.7 Å². The zero-order valence-corrected chi connectivity index (χ0v) is 11.8. The number of amides is 1. The number of hydrogen-bond donors (Lipinski definition) is 3. The first-order valence-electron chi connectivity index (χ1n) is 6.68. The number of phenols is 1. The number of rotatable bonds is 7. The van der Waals surface area contributed by atoms with Gasteiger partial charge in [-0.15, -0.1) is 0 Å². The van der Waals surface area contributed by atoms with E-state index >= 15 is 0 Å². The van der Waals surface area contributed by atoms with Crippen LogP contribution < -0.4 is 5.32 Å². The maximum Gasteiger partial charge on any atom is 0.326 e. The topological polar surface area (TPSA) is 86.6 Å². The molecule has 1 rings (SSSR count). The largest absolute Gasteiger partial charge is 0.508 e. The minimum absolute atomic E-state index is 0.126. The molecule has 1 aromatic carbocycles. The van der Waals surface area contributed by atoms with Gasteiger partial charge < -0.3 is 15.5 Å². The number of nitrogens with one attached hydrogen (secondary N) is 1. The summed E-state index contributed by atoms with van der Waals surface area (Å²) in [6.07, 6.45) is 1.26. The molecule has 1 atom stereocenters. The summed E-state index contributed by atoms with van der Waals surface area (Å²) in [5.41, 5.74) is 0.749. The molecule has 0 aliphatic rings. The van der Waals surface area contributed by atoms with Crippen molar-refractivity contribution in [2.45, 2.75) is 39.2 Å². The van der Waals surface area contributed by atoms with Crippen LogP contribution in [0.5, 0.6) is 5.75 Å². The third-order valence-electron chi connectivity index (χ3n) is 2.96. The SMILES string of the molecule is CC(C)CCC(=O)N[C@H](Cc1ccc(O)cc1)C(=O)O. The van der Waals surface area contributed by atoms with E-state index in [1.807, 2.05) is 13.8 Å². The minimum Gasteiger partial charge on any atom is -0.508 e. The molecule has 0 aliphatic heterocycles. The Labute approximate surface area is 118 Å². The predicted octanol–water partition coefficient (Wildman–Crippen LogP) is 1.94. The number of phenolic OH excluding ortho intramolecular Hbond substituents is 1. The molecule has 0 radical (unpaired) electrons. The maximum absolute atomic E-state index is 11.7. The second-order valence-electron chi connectivity index (χ2n) is 5.26. The van der Waals surface area contributed by atoms with Crippen LogP contribution in [0, 0.1) is 5.92 Å². The molecular formula is C15H21NO4. The van der Waals surface area contributed by atoms with Crippen LogP contribution in [0.1, 0.15) is 32.3 Å². The van der Waals surface area contributed by atoms with Crippen LogP contribution in [0.25, 0.3) is 0 Å². The molecule has 1 amide bonds. The van der Waals surface area contributed by atoms with E-state index < -0.39 is 12.0 Å². The highest BCUT2D eigenvalue weighted by molar-refractivity contribution is 5.83. The maximum atomic E-state index is 11.7. The fourth-order valence-corrected chi connectivity index (χ4v) is 1.75. The van der Waals surface area contributed by atoms with Crippen molar-refractivity contribution >= 4 is 11.9 Å². The van der Waals surface area contributed by atoms with Gasteiger partial charge in [-0.25, -0.2) is 4.79 Å². The zero-order chi connectivity index (χ0) is 15.1. The van der Waals surface area contributed by atoms with E-state index in [-0.39, 0.29) is 18.1 Å². The van der Waals surface area contributed by atoms with Gasteiger partial charge >= 0.3 is 5.97 Å². The minimum atomic E-state index is -1.06. The van der Waals surface area contributed by atoms with Crippen molar-refractivity contribution in [1.29, 1.82) is 0 Å². The normalized spacial score (nSPS) is 12.2. The second-order valence-corrected chi connectivity index (χ2v) is 5.26. The quantitative estimate of drug-likeness (QED) is 0.712. The van der Waals surface area contributed by atoms with Crippen LogP contribution in [0.3, 0.4) is 0 Å². The Balaban J connectivity index is 2.58. The molecule has 0 unspecified atom stereocenters. The lowest BCUT2D eigenvalue weighted by Gasteiger charge is -2.15. The smallest absolute Gasteiger partial charge is 0.326 e. The van der Waals surface area contributed by atoms with Crippen molar-refractivity contribution in [3.63, 3.8) is 0 Å². The van der Waals surface area contributed by atoms with Gasteiger partial charge in [0.15, 0.2) is 0 Å². The highest BCUT2D eigenvalue weighted by Gasteiger charge is 2.20. The molecule has 0 aliphatic carbocycles. The first kappa shape index (κ1) is 16.0. The van der Waals surface area contributed by atoms with Gasteiger partial charge in [0, 0.05) is 12.8 Å². The van der Waals surface area contributed by atoms with E-state index in [1.165, 1.54) is 12.1 Å². The van der Waals surface area contributed by atoms with Crippen molar-refractivity contribution in [1.82, 2.24) is 5.32 Å². The fraction of sp³-hybridized carbons (Fsp3) is 0.467. The summed E-state index contributed by atoms with van der Waals surface area (Å²) in [5, 5.41) is 20.9. The lowest BCUT2D eigenvalue weighted by atomic mass is 10.0. The summed E-state index contributed by atoms with van der Waals surface area (Å²) in [4.78, 5) is 22.9. The molecule has 1 aromatic rings. The third-order valence-corrected chi connectivity index (χ3v) is 2.96. The number of carboxylic acids is 1. The zero-order valence-electron chi connectivity index (χ0n) is 11.8. The number of hydrogen-bond acceptors (Lipinski definition) is 3. The highest BCUT2D eigenvalue weighted by Crippen LogP contribution is 2.12. The van der Waals surface area contributed by atoms with E-state index in [2.05, 4.69) is 5.32 Å². The van der Waals surface area contributed by atoms with Gasteiger partial charge in [0.25, 0.3) is 0 Å². The van der Waals surface area contributed by atoms with Crippen LogP contribution in [0.15, 0.2) is 24.3 Å². The number of aliphatic carboxylic acids is 1. The number of carbonyl (C=O) groups is 2. The molecule has 20 heavy (non-hydrogen) atoms. The fourth-order valence-electron chi connectivity index (χ4n) is 1.75. The summed E-state index contributed by atoms with van der Waals surface area (Å²) in [5.74, 6) is -0.774. The first-order chi connectivity index (χ1) is 9.38. The lowest BCUT2D eigenvalue weighted by Crippen LogP contribution is -2.42. The monoisotopic (exact) mass is 279 g/mol. The van der Waals surface area contributed by atoms with Crippen molar-refractivity contribution < 1.29 is 19.8 Å². The van der Waals surface area contributed by atoms with Gasteiger partial charge in [-0.1, -0.05) is 26.0 Å². The molecule has 0 saturated heterocycles. The molecule has 0 fully saturated rings. The summed E-state index contributed by atoms with van der Waals surface area (Å²) in [6.45, 7) is 4.02. The molecule has 5 nitrogen and oxygen atoms in total. The van der Waals surface area contributed by atoms with Crippen molar-refractivity contribution in [3.8, 4) is 5.75 Å². The van der Waals surface area contributed by atoms with Crippen LogP contribution >= 0.6 is 0 Å². The Morgan fingerprint density at radius 1 is 1.20 bits per heavy atom. The van der Waals surface area contributed by atoms with Gasteiger partial charge in [0.05, 0.1) is 0 Å². The van der Waals surface area contributed by atoms with E-state index in [0.717, 1.165) is 12.0 Å². The molecule has 0 bridgehead atoms. The van der Waals surface area contributed by atoms with Gasteiger partial charge in [0.2, 0.25) is 5.91 Å². The molecule has 0 heterocycles. The molecule has 0 spiro atoms. The van der Waals surface area contributed by atoms with Gasteiger partial charge in [-0.3, -0.25) is 4.79 Å². The molecule has 0 saturated carbocycles. The summed E-state index contributed by atoms with van der Waals surface area (Å²) < 4.78 is 0. The standard InChI is InChI=1S/C15H21NO4/c1-10(2)3-8-14(18)16-13(15(19)20)9-11-4-6-12(17)7-5-11/h4-7,10,13,17H,3,8-9H2,1-2H3,(H,16,18)(H,19,20)/t13-/m1/s1. The molecule has 110 valence electrons. The Morgan fingerprint density at radius 3 is 2.30 bits per heavy atom. The van der Waals surface area contributed by atoms with Crippen molar-refractivity contribution in [3.05, 3.63) is 29.8 Å². The van der Waals surface area contributed by atoms with Gasteiger partial charge in [0.1, 0.15) is 11.8 Å². The van der Waals surface area contributed by atoms with E-state index in [0.29, 0.717) is 12.3 Å². The summed E-state index contributed by atoms with van der Waals surface area (Å²) in [7, 11) is 0. The lowest BCUT2D eigenvalue weighted by molar-refractivity contribution is -0.141. The Bertz CT molecular complexity index is 453. The van der Waals surface area contributed by atoms with Crippen LogP contribution in [0.2, 0.25) is 0 Å². The van der Waals surface area contributed by atoms with E-state index in [4.69, 9.17) is 5.11 Å². The number of carbonyl (C=O) groups excluding carboxylic acids is 1. The van der Waals surface area contributed by atoms with Crippen molar-refractivity contribution in [2.75, 3.05) is 0 Å². The number of benzene rings is 1. The molecule has 0 aromatic heterocycles. The van der Waals surface area contributed by atoms with Gasteiger partial charge in [-0.2, -0.15) is 0 Å². The molecule has 3 N–H and O–H groups in total. The van der Waals surface area contributed by atoms with Crippen LogP contribution in [-0.4, -0.2) is 28.1 Å². The average molecular weight is 279 g/mol. The van der Waals surface area contributed by atoms with Crippen LogP contribution in [-0.2, 0) is 16.0 Å².